The van der Waals surface area contributed by atoms with E-state index in [0.717, 1.165) is 18.4 Å². The van der Waals surface area contributed by atoms with Crippen molar-refractivity contribution in [3.63, 3.8) is 0 Å². The van der Waals surface area contributed by atoms with Crippen LogP contribution in [0.4, 0.5) is 13.2 Å². The molecule has 1 aliphatic rings. The van der Waals surface area contributed by atoms with E-state index in [4.69, 9.17) is 5.73 Å². The summed E-state index contributed by atoms with van der Waals surface area (Å²) in [6.45, 7) is 0.534. The third kappa shape index (κ3) is 3.26. The van der Waals surface area contributed by atoms with Gasteiger partial charge >= 0.3 is 6.36 Å². The molecular formula is C11H13ClF3NO. The van der Waals surface area contributed by atoms with Crippen LogP contribution < -0.4 is 10.5 Å². The molecule has 0 amide bonds. The minimum atomic E-state index is -4.63. The SMILES string of the molecule is Cl.NCC1(c2ccc(OC(F)(F)F)cc2)CC1. The van der Waals surface area contributed by atoms with Crippen LogP contribution in [-0.2, 0) is 5.41 Å². The van der Waals surface area contributed by atoms with Gasteiger partial charge in [0.05, 0.1) is 0 Å². The van der Waals surface area contributed by atoms with Crippen molar-refractivity contribution in [1.82, 2.24) is 0 Å². The molecule has 1 aromatic carbocycles. The number of ether oxygens (including phenoxy) is 1. The van der Waals surface area contributed by atoms with Crippen molar-refractivity contribution in [2.24, 2.45) is 5.73 Å². The van der Waals surface area contributed by atoms with E-state index in [0.29, 0.717) is 6.54 Å². The Kier molecular flexibility index (Phi) is 3.94. The lowest BCUT2D eigenvalue weighted by molar-refractivity contribution is -0.274. The molecule has 1 aromatic rings. The molecule has 0 bridgehead atoms. The van der Waals surface area contributed by atoms with Gasteiger partial charge in [-0.1, -0.05) is 12.1 Å². The van der Waals surface area contributed by atoms with Crippen molar-refractivity contribution in [3.05, 3.63) is 29.8 Å². The van der Waals surface area contributed by atoms with Crippen LogP contribution in [-0.4, -0.2) is 12.9 Å². The number of hydrogen-bond acceptors (Lipinski definition) is 2. The van der Waals surface area contributed by atoms with Crippen LogP contribution in [0.3, 0.4) is 0 Å². The highest BCUT2D eigenvalue weighted by Crippen LogP contribution is 2.47. The fourth-order valence-electron chi connectivity index (χ4n) is 1.77. The molecule has 1 saturated carbocycles. The van der Waals surface area contributed by atoms with E-state index >= 15 is 0 Å². The molecule has 0 heterocycles. The molecule has 1 fully saturated rings. The Hall–Kier alpha value is -0.940. The van der Waals surface area contributed by atoms with Gasteiger partial charge in [-0.15, -0.1) is 25.6 Å². The van der Waals surface area contributed by atoms with Gasteiger partial charge in [-0.25, -0.2) is 0 Å². The van der Waals surface area contributed by atoms with Gasteiger partial charge in [0.15, 0.2) is 0 Å². The summed E-state index contributed by atoms with van der Waals surface area (Å²) in [7, 11) is 0. The highest BCUT2D eigenvalue weighted by Gasteiger charge is 2.42. The van der Waals surface area contributed by atoms with Crippen molar-refractivity contribution >= 4 is 12.4 Å². The fourth-order valence-corrected chi connectivity index (χ4v) is 1.77. The number of halogens is 4. The van der Waals surface area contributed by atoms with Crippen LogP contribution in [0.25, 0.3) is 0 Å². The second kappa shape index (κ2) is 4.74. The van der Waals surface area contributed by atoms with Crippen LogP contribution in [0.15, 0.2) is 24.3 Å². The first kappa shape index (κ1) is 14.1. The molecule has 0 saturated heterocycles. The van der Waals surface area contributed by atoms with Crippen LogP contribution >= 0.6 is 12.4 Å². The van der Waals surface area contributed by atoms with Gasteiger partial charge in [0.25, 0.3) is 0 Å². The molecule has 0 aromatic heterocycles. The monoisotopic (exact) mass is 267 g/mol. The molecule has 2 nitrogen and oxygen atoms in total. The van der Waals surface area contributed by atoms with Crippen LogP contribution in [0.5, 0.6) is 5.75 Å². The first-order valence-electron chi connectivity index (χ1n) is 5.02. The minimum Gasteiger partial charge on any atom is -0.406 e. The van der Waals surface area contributed by atoms with E-state index in [-0.39, 0.29) is 23.6 Å². The van der Waals surface area contributed by atoms with Crippen molar-refractivity contribution < 1.29 is 17.9 Å². The van der Waals surface area contributed by atoms with E-state index in [1.54, 1.807) is 12.1 Å². The van der Waals surface area contributed by atoms with Crippen molar-refractivity contribution in [3.8, 4) is 5.75 Å². The second-order valence-electron chi connectivity index (χ2n) is 4.06. The number of rotatable bonds is 3. The van der Waals surface area contributed by atoms with E-state index in [9.17, 15) is 13.2 Å². The Morgan fingerprint density at radius 2 is 1.71 bits per heavy atom. The number of alkyl halides is 3. The molecule has 17 heavy (non-hydrogen) atoms. The molecule has 0 unspecified atom stereocenters. The predicted molar refractivity (Wildman–Crippen MR) is 60.3 cm³/mol. The normalized spacial score (nSPS) is 17.2. The van der Waals surface area contributed by atoms with E-state index in [2.05, 4.69) is 4.74 Å². The molecule has 6 heteroatoms. The Bertz CT molecular complexity index is 373. The van der Waals surface area contributed by atoms with Gasteiger partial charge in [-0.05, 0) is 30.5 Å². The molecule has 0 atom stereocenters. The summed E-state index contributed by atoms with van der Waals surface area (Å²) in [5.41, 5.74) is 6.62. The van der Waals surface area contributed by atoms with Gasteiger partial charge in [-0.3, -0.25) is 0 Å². The fraction of sp³-hybridized carbons (Fsp3) is 0.455. The highest BCUT2D eigenvalue weighted by molar-refractivity contribution is 5.85. The number of hydrogen-bond donors (Lipinski definition) is 1. The predicted octanol–water partition coefficient (Wildman–Crippen LogP) is 3.00. The zero-order valence-electron chi connectivity index (χ0n) is 8.96. The van der Waals surface area contributed by atoms with Crippen molar-refractivity contribution in [2.75, 3.05) is 6.54 Å². The summed E-state index contributed by atoms with van der Waals surface area (Å²) in [4.78, 5) is 0. The third-order valence-corrected chi connectivity index (χ3v) is 2.94. The van der Waals surface area contributed by atoms with Gasteiger partial charge in [-0.2, -0.15) is 0 Å². The average molecular weight is 268 g/mol. The summed E-state index contributed by atoms with van der Waals surface area (Å²) in [5.74, 6) is -0.191. The maximum atomic E-state index is 11.9. The zero-order valence-corrected chi connectivity index (χ0v) is 9.77. The summed E-state index contributed by atoms with van der Waals surface area (Å²) < 4.78 is 39.5. The van der Waals surface area contributed by atoms with E-state index < -0.39 is 6.36 Å². The summed E-state index contributed by atoms with van der Waals surface area (Å²) in [6, 6.07) is 5.97. The maximum absolute atomic E-state index is 11.9. The van der Waals surface area contributed by atoms with Crippen LogP contribution in [0, 0.1) is 0 Å². The standard InChI is InChI=1S/C11H12F3NO.ClH/c12-11(13,14)16-9-3-1-8(2-4-9)10(7-15)5-6-10;/h1-4H,5-7,15H2;1H. The molecule has 0 spiro atoms. The molecule has 2 rings (SSSR count). The maximum Gasteiger partial charge on any atom is 0.573 e. The summed E-state index contributed by atoms with van der Waals surface area (Å²) in [6.07, 6.45) is -2.63. The second-order valence-corrected chi connectivity index (χ2v) is 4.06. The molecule has 0 radical (unpaired) electrons. The van der Waals surface area contributed by atoms with E-state index in [1.807, 2.05) is 0 Å². The Balaban J connectivity index is 0.00000144. The summed E-state index contributed by atoms with van der Waals surface area (Å²) in [5, 5.41) is 0. The quantitative estimate of drug-likeness (QED) is 0.914. The van der Waals surface area contributed by atoms with Crippen LogP contribution in [0.1, 0.15) is 18.4 Å². The van der Waals surface area contributed by atoms with E-state index in [1.165, 1.54) is 12.1 Å². The molecular weight excluding hydrogens is 255 g/mol. The Morgan fingerprint density at radius 3 is 2.06 bits per heavy atom. The zero-order chi connectivity index (χ0) is 11.8. The first-order chi connectivity index (χ1) is 7.45. The number of nitrogens with two attached hydrogens (primary N) is 1. The average Bonchev–Trinajstić information content (AvgIpc) is 2.97. The van der Waals surface area contributed by atoms with Gasteiger partial charge in [0.1, 0.15) is 5.75 Å². The molecule has 96 valence electrons. The Labute approximate surface area is 103 Å². The van der Waals surface area contributed by atoms with Crippen molar-refractivity contribution in [2.45, 2.75) is 24.6 Å². The first-order valence-corrected chi connectivity index (χ1v) is 5.02. The molecule has 2 N–H and O–H groups in total. The van der Waals surface area contributed by atoms with Crippen molar-refractivity contribution in [1.29, 1.82) is 0 Å². The topological polar surface area (TPSA) is 35.2 Å². The molecule has 0 aliphatic heterocycles. The Morgan fingerprint density at radius 1 is 1.18 bits per heavy atom. The summed E-state index contributed by atoms with van der Waals surface area (Å²) >= 11 is 0. The highest BCUT2D eigenvalue weighted by atomic mass is 35.5. The third-order valence-electron chi connectivity index (χ3n) is 2.94. The lowest BCUT2D eigenvalue weighted by Gasteiger charge is -2.14. The smallest absolute Gasteiger partial charge is 0.406 e. The van der Waals surface area contributed by atoms with Crippen LogP contribution in [0.2, 0.25) is 0 Å². The van der Waals surface area contributed by atoms with Gasteiger partial charge < -0.3 is 10.5 Å². The minimum absolute atomic E-state index is 0. The lowest BCUT2D eigenvalue weighted by Crippen LogP contribution is -2.20. The van der Waals surface area contributed by atoms with Gasteiger partial charge in [0, 0.05) is 12.0 Å². The molecule has 1 aliphatic carbocycles. The largest absolute Gasteiger partial charge is 0.573 e. The van der Waals surface area contributed by atoms with Gasteiger partial charge in [0.2, 0.25) is 0 Å². The number of benzene rings is 1. The lowest BCUT2D eigenvalue weighted by atomic mass is 9.96.